The number of aryl methyl sites for hydroxylation is 1. The van der Waals surface area contributed by atoms with Crippen molar-refractivity contribution in [2.75, 3.05) is 0 Å². The zero-order valence-corrected chi connectivity index (χ0v) is 10.6. The van der Waals surface area contributed by atoms with Gasteiger partial charge in [-0.25, -0.2) is 0 Å². The summed E-state index contributed by atoms with van der Waals surface area (Å²) in [5.41, 5.74) is 1.07. The average molecular weight is 273 g/mol. The van der Waals surface area contributed by atoms with E-state index in [4.69, 9.17) is 32.4 Å². The highest BCUT2D eigenvalue weighted by atomic mass is 35.5. The van der Waals surface area contributed by atoms with Crippen molar-refractivity contribution in [2.24, 2.45) is 0 Å². The van der Waals surface area contributed by atoms with Crippen molar-refractivity contribution in [2.45, 2.75) is 19.4 Å². The van der Waals surface area contributed by atoms with E-state index in [1.807, 2.05) is 19.1 Å². The molecule has 0 saturated heterocycles. The first-order valence-corrected chi connectivity index (χ1v) is 5.86. The van der Waals surface area contributed by atoms with Crippen LogP contribution in [-0.4, -0.2) is 10.2 Å². The molecule has 0 saturated carbocycles. The zero-order valence-electron chi connectivity index (χ0n) is 9.11. The van der Waals surface area contributed by atoms with Crippen molar-refractivity contribution in [3.63, 3.8) is 0 Å². The van der Waals surface area contributed by atoms with Crippen LogP contribution in [0.2, 0.25) is 5.02 Å². The Bertz CT molecular complexity index is 514. The maximum absolute atomic E-state index is 5.98. The summed E-state index contributed by atoms with van der Waals surface area (Å²) >= 11 is 11.5. The molecule has 0 aliphatic heterocycles. The third kappa shape index (κ3) is 3.11. The smallest absolute Gasteiger partial charge is 0.253 e. The molecule has 2 aromatic rings. The van der Waals surface area contributed by atoms with Crippen LogP contribution < -0.4 is 4.74 Å². The number of hydrogen-bond donors (Lipinski definition) is 0. The first kappa shape index (κ1) is 12.2. The van der Waals surface area contributed by atoms with Gasteiger partial charge in [-0.05, 0) is 24.6 Å². The minimum Gasteiger partial charge on any atom is -0.482 e. The Hall–Kier alpha value is -1.26. The maximum atomic E-state index is 5.98. The van der Waals surface area contributed by atoms with Gasteiger partial charge in [-0.3, -0.25) is 0 Å². The van der Waals surface area contributed by atoms with E-state index in [9.17, 15) is 0 Å². The Morgan fingerprint density at radius 2 is 2.06 bits per heavy atom. The Kier molecular flexibility index (Phi) is 3.86. The summed E-state index contributed by atoms with van der Waals surface area (Å²) < 4.78 is 10.7. The molecule has 1 aromatic heterocycles. The van der Waals surface area contributed by atoms with Crippen molar-refractivity contribution in [1.29, 1.82) is 0 Å². The highest BCUT2D eigenvalue weighted by Gasteiger charge is 2.07. The van der Waals surface area contributed by atoms with Gasteiger partial charge in [0.1, 0.15) is 11.6 Å². The second-order valence-corrected chi connectivity index (χ2v) is 4.12. The number of rotatable bonds is 4. The quantitative estimate of drug-likeness (QED) is 0.801. The number of nitrogens with zero attached hydrogens (tertiary/aromatic N) is 2. The van der Waals surface area contributed by atoms with Gasteiger partial charge in [0.25, 0.3) is 5.89 Å². The van der Waals surface area contributed by atoms with Crippen molar-refractivity contribution in [3.8, 4) is 5.75 Å². The number of halogens is 2. The summed E-state index contributed by atoms with van der Waals surface area (Å²) in [4.78, 5) is 0. The van der Waals surface area contributed by atoms with Gasteiger partial charge in [0.05, 0.1) is 5.02 Å². The first-order chi connectivity index (χ1) is 8.19. The van der Waals surface area contributed by atoms with Crippen LogP contribution in [-0.2, 0) is 12.5 Å². The van der Waals surface area contributed by atoms with Crippen LogP contribution in [0.5, 0.6) is 5.75 Å². The zero-order chi connectivity index (χ0) is 12.3. The van der Waals surface area contributed by atoms with Gasteiger partial charge >= 0.3 is 0 Å². The Labute approximate surface area is 109 Å². The fourth-order valence-electron chi connectivity index (χ4n) is 1.26. The summed E-state index contributed by atoms with van der Waals surface area (Å²) in [5.74, 6) is 1.54. The molecule has 1 aromatic carbocycles. The fourth-order valence-corrected chi connectivity index (χ4v) is 1.54. The normalized spacial score (nSPS) is 10.5. The summed E-state index contributed by atoms with van der Waals surface area (Å²) in [5, 5.41) is 8.06. The topological polar surface area (TPSA) is 48.2 Å². The van der Waals surface area contributed by atoms with E-state index in [1.54, 1.807) is 6.07 Å². The van der Waals surface area contributed by atoms with Crippen LogP contribution in [0.3, 0.4) is 0 Å². The van der Waals surface area contributed by atoms with E-state index >= 15 is 0 Å². The molecule has 6 heteroatoms. The largest absolute Gasteiger partial charge is 0.482 e. The Morgan fingerprint density at radius 3 is 2.76 bits per heavy atom. The minimum absolute atomic E-state index is 0.174. The van der Waals surface area contributed by atoms with Crippen LogP contribution in [0.1, 0.15) is 17.3 Å². The number of ether oxygens (including phenoxy) is 1. The van der Waals surface area contributed by atoms with Crippen molar-refractivity contribution >= 4 is 23.2 Å². The SMILES string of the molecule is Cc1ccc(Cl)c(OCc2nnc(CCl)o2)c1. The highest BCUT2D eigenvalue weighted by Crippen LogP contribution is 2.25. The van der Waals surface area contributed by atoms with Crippen LogP contribution in [0.25, 0.3) is 0 Å². The molecule has 4 nitrogen and oxygen atoms in total. The minimum atomic E-state index is 0.174. The number of benzene rings is 1. The monoisotopic (exact) mass is 272 g/mol. The van der Waals surface area contributed by atoms with Crippen LogP contribution >= 0.6 is 23.2 Å². The van der Waals surface area contributed by atoms with E-state index in [0.717, 1.165) is 5.56 Å². The van der Waals surface area contributed by atoms with E-state index < -0.39 is 0 Å². The second-order valence-electron chi connectivity index (χ2n) is 3.45. The van der Waals surface area contributed by atoms with Gasteiger partial charge in [-0.15, -0.1) is 21.8 Å². The van der Waals surface area contributed by atoms with Crippen molar-refractivity contribution < 1.29 is 9.15 Å². The molecule has 0 radical (unpaired) electrons. The lowest BCUT2D eigenvalue weighted by Crippen LogP contribution is -1.96. The molecule has 0 spiro atoms. The van der Waals surface area contributed by atoms with Crippen molar-refractivity contribution in [3.05, 3.63) is 40.6 Å². The molecule has 0 atom stereocenters. The van der Waals surface area contributed by atoms with Gasteiger partial charge in [0, 0.05) is 0 Å². The molecule has 0 amide bonds. The molecule has 0 N–H and O–H groups in total. The molecule has 0 unspecified atom stereocenters. The number of aromatic nitrogens is 2. The predicted octanol–water partition coefficient (Wildman–Crippen LogP) is 3.35. The van der Waals surface area contributed by atoms with E-state index in [2.05, 4.69) is 10.2 Å². The van der Waals surface area contributed by atoms with Crippen molar-refractivity contribution in [1.82, 2.24) is 10.2 Å². The Balaban J connectivity index is 2.04. The molecular weight excluding hydrogens is 263 g/mol. The summed E-state index contributed by atoms with van der Waals surface area (Å²) in [7, 11) is 0. The molecular formula is C11H10Cl2N2O2. The van der Waals surface area contributed by atoms with E-state index in [1.165, 1.54) is 0 Å². The summed E-state index contributed by atoms with van der Waals surface area (Å²) in [6, 6.07) is 5.54. The summed E-state index contributed by atoms with van der Waals surface area (Å²) in [6.07, 6.45) is 0. The van der Waals surface area contributed by atoms with Gasteiger partial charge in [-0.2, -0.15) is 0 Å². The van der Waals surface area contributed by atoms with Gasteiger partial charge in [-0.1, -0.05) is 17.7 Å². The molecule has 1 heterocycles. The molecule has 0 bridgehead atoms. The highest BCUT2D eigenvalue weighted by molar-refractivity contribution is 6.32. The summed E-state index contributed by atoms with van der Waals surface area (Å²) in [6.45, 7) is 2.13. The molecule has 0 aliphatic rings. The second kappa shape index (κ2) is 5.38. The molecule has 17 heavy (non-hydrogen) atoms. The van der Waals surface area contributed by atoms with Gasteiger partial charge in [0.2, 0.25) is 5.89 Å². The number of hydrogen-bond acceptors (Lipinski definition) is 4. The predicted molar refractivity (Wildman–Crippen MR) is 64.4 cm³/mol. The number of alkyl halides is 1. The average Bonchev–Trinajstić information content (AvgIpc) is 2.78. The molecule has 0 fully saturated rings. The maximum Gasteiger partial charge on any atom is 0.253 e. The Morgan fingerprint density at radius 1 is 1.29 bits per heavy atom. The lowest BCUT2D eigenvalue weighted by atomic mass is 10.2. The lowest BCUT2D eigenvalue weighted by molar-refractivity contribution is 0.260. The molecule has 90 valence electrons. The third-order valence-corrected chi connectivity index (χ3v) is 2.60. The van der Waals surface area contributed by atoms with E-state index in [-0.39, 0.29) is 12.5 Å². The molecule has 2 rings (SSSR count). The fraction of sp³-hybridized carbons (Fsp3) is 0.273. The molecule has 0 aliphatic carbocycles. The van der Waals surface area contributed by atoms with E-state index in [0.29, 0.717) is 22.6 Å². The van der Waals surface area contributed by atoms with Crippen LogP contribution in [0.15, 0.2) is 22.6 Å². The third-order valence-electron chi connectivity index (χ3n) is 2.06. The van der Waals surface area contributed by atoms with Gasteiger partial charge < -0.3 is 9.15 Å². The van der Waals surface area contributed by atoms with Crippen LogP contribution in [0, 0.1) is 6.92 Å². The standard InChI is InChI=1S/C11H10Cl2N2O2/c1-7-2-3-8(13)9(4-7)16-6-11-15-14-10(5-12)17-11/h2-4H,5-6H2,1H3. The van der Waals surface area contributed by atoms with Crippen LogP contribution in [0.4, 0.5) is 0 Å². The lowest BCUT2D eigenvalue weighted by Gasteiger charge is -2.06. The first-order valence-electron chi connectivity index (χ1n) is 4.95. The van der Waals surface area contributed by atoms with Gasteiger partial charge in [0.15, 0.2) is 6.61 Å².